The van der Waals surface area contributed by atoms with Crippen LogP contribution in [0.4, 0.5) is 26.3 Å². The van der Waals surface area contributed by atoms with E-state index in [0.717, 1.165) is 0 Å². The third kappa shape index (κ3) is 5.97. The third-order valence-electron chi connectivity index (χ3n) is 5.01. The Hall–Kier alpha value is -3.58. The van der Waals surface area contributed by atoms with Crippen molar-refractivity contribution in [1.82, 2.24) is 0 Å². The number of halogens is 6. The Morgan fingerprint density at radius 3 is 1.53 bits per heavy atom. The van der Waals surface area contributed by atoms with Gasteiger partial charge in [0.25, 0.3) is 5.85 Å². The standard InChI is InChI=1S/C22H22F6O8/c1-5-14(29)33-18(12-23)9-19(13-24,34-15(30)6-2)22(27,28)21(26,36-17(32)8-4)11-20(25,10-18)35-16(31)7-3/h5-8H,1-4,9-13H2. The lowest BCUT2D eigenvalue weighted by Crippen LogP contribution is -2.71. The van der Waals surface area contributed by atoms with Crippen molar-refractivity contribution in [3.05, 3.63) is 50.6 Å². The van der Waals surface area contributed by atoms with Gasteiger partial charge in [0.2, 0.25) is 5.60 Å². The zero-order valence-corrected chi connectivity index (χ0v) is 18.7. The van der Waals surface area contributed by atoms with Crippen LogP contribution in [0.15, 0.2) is 50.6 Å². The minimum atomic E-state index is -5.55. The fourth-order valence-corrected chi connectivity index (χ4v) is 3.57. The van der Waals surface area contributed by atoms with Crippen LogP contribution in [-0.4, -0.2) is 66.1 Å². The maximum Gasteiger partial charge on any atom is 0.358 e. The maximum atomic E-state index is 15.9. The number of ether oxygens (including phenoxy) is 4. The van der Waals surface area contributed by atoms with Crippen LogP contribution in [-0.2, 0) is 38.1 Å². The second-order valence-corrected chi connectivity index (χ2v) is 7.66. The Labute approximate surface area is 201 Å². The second-order valence-electron chi connectivity index (χ2n) is 7.66. The van der Waals surface area contributed by atoms with E-state index in [0.29, 0.717) is 12.2 Å². The van der Waals surface area contributed by atoms with Crippen LogP contribution >= 0.6 is 0 Å². The first-order valence-electron chi connectivity index (χ1n) is 9.86. The Morgan fingerprint density at radius 1 is 0.639 bits per heavy atom. The van der Waals surface area contributed by atoms with Crippen molar-refractivity contribution in [2.75, 3.05) is 13.3 Å². The summed E-state index contributed by atoms with van der Waals surface area (Å²) in [6, 6.07) is 0. The van der Waals surface area contributed by atoms with Gasteiger partial charge >= 0.3 is 35.7 Å². The molecular formula is C22H22F6O8. The molecule has 0 heterocycles. The highest BCUT2D eigenvalue weighted by Crippen LogP contribution is 2.56. The van der Waals surface area contributed by atoms with E-state index in [1.165, 1.54) is 0 Å². The fourth-order valence-electron chi connectivity index (χ4n) is 3.57. The topological polar surface area (TPSA) is 105 Å². The molecule has 1 saturated carbocycles. The predicted molar refractivity (Wildman–Crippen MR) is 109 cm³/mol. The van der Waals surface area contributed by atoms with Gasteiger partial charge < -0.3 is 18.9 Å². The molecule has 1 fully saturated rings. The lowest BCUT2D eigenvalue weighted by molar-refractivity contribution is -0.363. The van der Waals surface area contributed by atoms with Crippen molar-refractivity contribution in [3.8, 4) is 0 Å². The highest BCUT2D eigenvalue weighted by Gasteiger charge is 2.78. The second kappa shape index (κ2) is 11.0. The molecule has 0 bridgehead atoms. The molecule has 14 heteroatoms. The SMILES string of the molecule is C=CC(=O)OC1(F)CC(CF)(OC(=O)C=C)CC(CF)(OC(=O)C=C)C(F)(F)C(F)(OC(=O)C=C)C1. The third-order valence-corrected chi connectivity index (χ3v) is 5.01. The zero-order chi connectivity index (χ0) is 28.0. The van der Waals surface area contributed by atoms with Crippen LogP contribution in [0.3, 0.4) is 0 Å². The van der Waals surface area contributed by atoms with Crippen molar-refractivity contribution in [2.24, 2.45) is 0 Å². The smallest absolute Gasteiger partial charge is 0.358 e. The molecule has 1 aliphatic rings. The van der Waals surface area contributed by atoms with E-state index in [1.54, 1.807) is 0 Å². The van der Waals surface area contributed by atoms with Crippen LogP contribution in [0.2, 0.25) is 0 Å². The van der Waals surface area contributed by atoms with Crippen molar-refractivity contribution in [3.63, 3.8) is 0 Å². The van der Waals surface area contributed by atoms with E-state index in [4.69, 9.17) is 4.74 Å². The number of hydrogen-bond acceptors (Lipinski definition) is 8. The summed E-state index contributed by atoms with van der Waals surface area (Å²) in [7, 11) is 0. The maximum absolute atomic E-state index is 15.9. The summed E-state index contributed by atoms with van der Waals surface area (Å²) in [5.74, 6) is -21.4. The average molecular weight is 528 g/mol. The Balaban J connectivity index is 4.05. The van der Waals surface area contributed by atoms with Crippen LogP contribution in [0.5, 0.6) is 0 Å². The average Bonchev–Trinajstić information content (AvgIpc) is 2.81. The predicted octanol–water partition coefficient (Wildman–Crippen LogP) is 3.47. The first-order valence-corrected chi connectivity index (χ1v) is 9.86. The Bertz CT molecular complexity index is 955. The van der Waals surface area contributed by atoms with Crippen LogP contribution < -0.4 is 0 Å². The molecule has 1 rings (SSSR count). The summed E-state index contributed by atoms with van der Waals surface area (Å²) >= 11 is 0. The van der Waals surface area contributed by atoms with E-state index in [2.05, 4.69) is 40.5 Å². The van der Waals surface area contributed by atoms with Gasteiger partial charge in [0.15, 0.2) is 5.60 Å². The molecule has 200 valence electrons. The lowest BCUT2D eigenvalue weighted by atomic mass is 9.72. The molecule has 0 aliphatic heterocycles. The number of carbonyl (C=O) groups excluding carboxylic acids is 4. The molecule has 4 unspecified atom stereocenters. The molecule has 0 saturated heterocycles. The van der Waals surface area contributed by atoms with Gasteiger partial charge in [-0.05, 0) is 0 Å². The molecule has 0 aromatic rings. The minimum absolute atomic E-state index is 0.191. The Kier molecular flexibility index (Phi) is 9.30. The molecule has 0 amide bonds. The number of rotatable bonds is 10. The summed E-state index contributed by atoms with van der Waals surface area (Å²) in [5.41, 5.74) is -7.24. The van der Waals surface area contributed by atoms with Gasteiger partial charge in [0.05, 0.1) is 12.8 Å². The quantitative estimate of drug-likeness (QED) is 0.184. The first-order chi connectivity index (χ1) is 16.6. The lowest BCUT2D eigenvalue weighted by Gasteiger charge is -2.50. The van der Waals surface area contributed by atoms with E-state index in [-0.39, 0.29) is 12.2 Å². The molecule has 0 aromatic carbocycles. The Morgan fingerprint density at radius 2 is 1.08 bits per heavy atom. The summed E-state index contributed by atoms with van der Waals surface area (Å²) in [6.45, 7) is 7.21. The van der Waals surface area contributed by atoms with E-state index in [9.17, 15) is 28.0 Å². The molecule has 1 aliphatic carbocycles. The van der Waals surface area contributed by atoms with Gasteiger partial charge in [-0.1, -0.05) is 26.3 Å². The van der Waals surface area contributed by atoms with Gasteiger partial charge in [-0.3, -0.25) is 0 Å². The van der Waals surface area contributed by atoms with E-state index < -0.39 is 85.3 Å². The molecule has 0 radical (unpaired) electrons. The minimum Gasteiger partial charge on any atom is -0.453 e. The fraction of sp³-hybridized carbons (Fsp3) is 0.455. The van der Waals surface area contributed by atoms with Gasteiger partial charge in [0, 0.05) is 30.7 Å². The van der Waals surface area contributed by atoms with Gasteiger partial charge in [0.1, 0.15) is 13.3 Å². The largest absolute Gasteiger partial charge is 0.453 e. The summed E-state index contributed by atoms with van der Waals surface area (Å²) in [6.07, 6.45) is -4.94. The van der Waals surface area contributed by atoms with E-state index >= 15 is 17.6 Å². The van der Waals surface area contributed by atoms with Crippen molar-refractivity contribution in [2.45, 2.75) is 48.1 Å². The van der Waals surface area contributed by atoms with Crippen molar-refractivity contribution < 1.29 is 64.5 Å². The van der Waals surface area contributed by atoms with Crippen LogP contribution in [0, 0.1) is 0 Å². The molecule has 0 aromatic heterocycles. The number of esters is 4. The molecule has 36 heavy (non-hydrogen) atoms. The zero-order valence-electron chi connectivity index (χ0n) is 18.7. The summed E-state index contributed by atoms with van der Waals surface area (Å²) < 4.78 is 110. The molecule has 4 atom stereocenters. The van der Waals surface area contributed by atoms with Crippen molar-refractivity contribution >= 4 is 23.9 Å². The van der Waals surface area contributed by atoms with Crippen LogP contribution in [0.25, 0.3) is 0 Å². The number of carbonyl (C=O) groups is 4. The molecule has 0 N–H and O–H groups in total. The van der Waals surface area contributed by atoms with Crippen LogP contribution in [0.1, 0.15) is 19.3 Å². The monoisotopic (exact) mass is 528 g/mol. The van der Waals surface area contributed by atoms with Gasteiger partial charge in [-0.15, -0.1) is 0 Å². The highest BCUT2D eigenvalue weighted by atomic mass is 19.3. The highest BCUT2D eigenvalue weighted by molar-refractivity contribution is 5.83. The van der Waals surface area contributed by atoms with Gasteiger partial charge in [-0.2, -0.15) is 17.6 Å². The summed E-state index contributed by atoms with van der Waals surface area (Å²) in [4.78, 5) is 47.1. The summed E-state index contributed by atoms with van der Waals surface area (Å²) in [5, 5.41) is 0. The van der Waals surface area contributed by atoms with Crippen molar-refractivity contribution in [1.29, 1.82) is 0 Å². The molecule has 0 spiro atoms. The van der Waals surface area contributed by atoms with Gasteiger partial charge in [-0.25, -0.2) is 28.0 Å². The normalized spacial score (nSPS) is 31.4. The molecule has 8 nitrogen and oxygen atoms in total. The number of alkyl halides is 6. The molecular weight excluding hydrogens is 506 g/mol. The first kappa shape index (κ1) is 30.5. The number of hydrogen-bond donors (Lipinski definition) is 0. The van der Waals surface area contributed by atoms with E-state index in [1.807, 2.05) is 0 Å².